The fourth-order valence-electron chi connectivity index (χ4n) is 2.91. The Morgan fingerprint density at radius 3 is 2.30 bits per heavy atom. The minimum Gasteiger partial charge on any atom is -0.397 e. The maximum Gasteiger partial charge on any atom is 0.266 e. The number of nitrogen functional groups attached to an aromatic ring is 1. The van der Waals surface area contributed by atoms with Crippen LogP contribution >= 0.6 is 11.3 Å². The maximum absolute atomic E-state index is 12.9. The summed E-state index contributed by atoms with van der Waals surface area (Å²) < 4.78 is 0. The first-order chi connectivity index (χ1) is 10.7. The van der Waals surface area contributed by atoms with E-state index >= 15 is 0 Å². The van der Waals surface area contributed by atoms with Crippen LogP contribution in [-0.4, -0.2) is 27.9 Å². The number of hydrogen-bond acceptors (Lipinski definition) is 4. The predicted octanol–water partition coefficient (Wildman–Crippen LogP) is 4.34. The molecule has 2 N–H and O–H groups in total. The highest BCUT2D eigenvalue weighted by Crippen LogP contribution is 2.34. The van der Waals surface area contributed by atoms with E-state index < -0.39 is 0 Å². The lowest BCUT2D eigenvalue weighted by molar-refractivity contribution is 0.0650. The third-order valence-electron chi connectivity index (χ3n) is 3.81. The van der Waals surface area contributed by atoms with E-state index in [0.717, 1.165) is 22.3 Å². The quantitative estimate of drug-likeness (QED) is 0.885. The molecule has 0 aliphatic rings. The minimum absolute atomic E-state index is 0.000842. The molecule has 0 fully saturated rings. The molecule has 1 amide bonds. The third-order valence-corrected chi connectivity index (χ3v) is 4.91. The first-order valence-corrected chi connectivity index (χ1v) is 9.04. The molecule has 0 spiro atoms. The maximum atomic E-state index is 12.9. The van der Waals surface area contributed by atoms with Crippen LogP contribution in [-0.2, 0) is 6.42 Å². The number of rotatable bonds is 5. The molecule has 5 heteroatoms. The Hall–Kier alpha value is -1.62. The van der Waals surface area contributed by atoms with Crippen molar-refractivity contribution in [2.45, 2.75) is 60.0 Å². The smallest absolute Gasteiger partial charge is 0.266 e. The first-order valence-electron chi connectivity index (χ1n) is 8.22. The number of pyridine rings is 1. The number of nitrogens with zero attached hydrogens (tertiary/aromatic N) is 2. The van der Waals surface area contributed by atoms with Crippen molar-refractivity contribution in [3.05, 3.63) is 22.7 Å². The standard InChI is InChI=1S/C18H27N3OS/c1-10(2)9-13-7-8-14-15(19)16(23-17(14)20-13)18(22)21(11(3)4)12(5)6/h7-8,10-12H,9,19H2,1-6H3. The van der Waals surface area contributed by atoms with Crippen LogP contribution in [0, 0.1) is 5.92 Å². The van der Waals surface area contributed by atoms with Crippen molar-refractivity contribution in [2.75, 3.05) is 5.73 Å². The lowest BCUT2D eigenvalue weighted by Gasteiger charge is -2.30. The molecule has 0 radical (unpaired) electrons. The molecule has 0 aromatic carbocycles. The Morgan fingerprint density at radius 2 is 1.78 bits per heavy atom. The fraction of sp³-hybridized carbons (Fsp3) is 0.556. The molecule has 0 aliphatic carbocycles. The molecule has 2 heterocycles. The Morgan fingerprint density at radius 1 is 1.17 bits per heavy atom. The Balaban J connectivity index is 2.45. The highest BCUT2D eigenvalue weighted by Gasteiger charge is 2.26. The summed E-state index contributed by atoms with van der Waals surface area (Å²) in [5.74, 6) is 0.552. The number of fused-ring (bicyclic) bond motifs is 1. The van der Waals surface area contributed by atoms with Crippen LogP contribution in [0.4, 0.5) is 5.69 Å². The summed E-state index contributed by atoms with van der Waals surface area (Å²) in [7, 11) is 0. The topological polar surface area (TPSA) is 59.2 Å². The van der Waals surface area contributed by atoms with Gasteiger partial charge in [0.05, 0.1) is 5.69 Å². The van der Waals surface area contributed by atoms with Crippen LogP contribution in [0.5, 0.6) is 0 Å². The van der Waals surface area contributed by atoms with Crippen LogP contribution in [0.15, 0.2) is 12.1 Å². The van der Waals surface area contributed by atoms with Crippen LogP contribution in [0.25, 0.3) is 10.2 Å². The van der Waals surface area contributed by atoms with Crippen LogP contribution in [0.1, 0.15) is 56.9 Å². The molecule has 0 saturated heterocycles. The van der Waals surface area contributed by atoms with Gasteiger partial charge in [-0.3, -0.25) is 4.79 Å². The van der Waals surface area contributed by atoms with E-state index in [2.05, 4.69) is 13.8 Å². The van der Waals surface area contributed by atoms with Gasteiger partial charge in [0.15, 0.2) is 0 Å². The lowest BCUT2D eigenvalue weighted by Crippen LogP contribution is -2.41. The molecule has 0 saturated carbocycles. The molecule has 0 bridgehead atoms. The summed E-state index contributed by atoms with van der Waals surface area (Å²) in [5, 5.41) is 0.887. The fourth-order valence-corrected chi connectivity index (χ4v) is 3.97. The number of hydrogen-bond donors (Lipinski definition) is 1. The number of anilines is 1. The van der Waals surface area contributed by atoms with Crippen molar-refractivity contribution < 1.29 is 4.79 Å². The highest BCUT2D eigenvalue weighted by molar-refractivity contribution is 7.21. The molecule has 2 rings (SSSR count). The summed E-state index contributed by atoms with van der Waals surface area (Å²) in [6.45, 7) is 12.5. The summed E-state index contributed by atoms with van der Waals surface area (Å²) in [6.07, 6.45) is 0.932. The van der Waals surface area contributed by atoms with Gasteiger partial charge in [-0.05, 0) is 52.2 Å². The number of nitrogens with two attached hydrogens (primary N) is 1. The SMILES string of the molecule is CC(C)Cc1ccc2c(N)c(C(=O)N(C(C)C)C(C)C)sc2n1. The van der Waals surface area contributed by atoms with Gasteiger partial charge in [0, 0.05) is 23.2 Å². The Bertz CT molecular complexity index is 696. The summed E-state index contributed by atoms with van der Waals surface area (Å²) >= 11 is 1.41. The number of thiophene rings is 1. The van der Waals surface area contributed by atoms with Crippen molar-refractivity contribution >= 4 is 33.1 Å². The van der Waals surface area contributed by atoms with Crippen LogP contribution in [0.3, 0.4) is 0 Å². The first kappa shape index (κ1) is 17.7. The summed E-state index contributed by atoms with van der Waals surface area (Å²) in [6, 6.07) is 4.29. The molecule has 0 unspecified atom stereocenters. The van der Waals surface area contributed by atoms with Gasteiger partial charge in [-0.1, -0.05) is 13.8 Å². The average molecular weight is 334 g/mol. The average Bonchev–Trinajstić information content (AvgIpc) is 2.74. The van der Waals surface area contributed by atoms with Crippen LogP contribution < -0.4 is 5.73 Å². The van der Waals surface area contributed by atoms with Crippen molar-refractivity contribution in [1.82, 2.24) is 9.88 Å². The van der Waals surface area contributed by atoms with E-state index in [1.54, 1.807) is 0 Å². The zero-order chi connectivity index (χ0) is 17.3. The van der Waals surface area contributed by atoms with E-state index in [4.69, 9.17) is 10.7 Å². The second-order valence-electron chi connectivity index (χ2n) is 7.00. The van der Waals surface area contributed by atoms with Crippen molar-refractivity contribution in [2.24, 2.45) is 5.92 Å². The molecule has 23 heavy (non-hydrogen) atoms. The molecule has 2 aromatic rings. The van der Waals surface area contributed by atoms with Gasteiger partial charge in [-0.2, -0.15) is 0 Å². The van der Waals surface area contributed by atoms with Gasteiger partial charge in [-0.15, -0.1) is 11.3 Å². The largest absolute Gasteiger partial charge is 0.397 e. The molecule has 4 nitrogen and oxygen atoms in total. The summed E-state index contributed by atoms with van der Waals surface area (Å²) in [5.41, 5.74) is 7.87. The van der Waals surface area contributed by atoms with E-state index in [0.29, 0.717) is 16.5 Å². The molecular weight excluding hydrogens is 306 g/mol. The van der Waals surface area contributed by atoms with Gasteiger partial charge in [0.1, 0.15) is 9.71 Å². The molecule has 2 aromatic heterocycles. The Labute approximate surface area is 142 Å². The monoisotopic (exact) mass is 333 g/mol. The van der Waals surface area contributed by atoms with E-state index in [1.165, 1.54) is 11.3 Å². The van der Waals surface area contributed by atoms with Gasteiger partial charge >= 0.3 is 0 Å². The second-order valence-corrected chi connectivity index (χ2v) is 8.00. The van der Waals surface area contributed by atoms with Crippen molar-refractivity contribution in [1.29, 1.82) is 0 Å². The normalized spacial score (nSPS) is 11.9. The summed E-state index contributed by atoms with van der Waals surface area (Å²) in [4.78, 5) is 20.9. The van der Waals surface area contributed by atoms with Crippen molar-refractivity contribution in [3.63, 3.8) is 0 Å². The molecular formula is C18H27N3OS. The predicted molar refractivity (Wildman–Crippen MR) is 99.0 cm³/mol. The zero-order valence-corrected chi connectivity index (χ0v) is 15.7. The van der Waals surface area contributed by atoms with Gasteiger partial charge < -0.3 is 10.6 Å². The van der Waals surface area contributed by atoms with Gasteiger partial charge in [0.2, 0.25) is 0 Å². The third kappa shape index (κ3) is 3.66. The van der Waals surface area contributed by atoms with E-state index in [9.17, 15) is 4.79 Å². The lowest BCUT2D eigenvalue weighted by atomic mass is 10.1. The molecule has 0 aliphatic heterocycles. The van der Waals surface area contributed by atoms with Gasteiger partial charge in [-0.25, -0.2) is 4.98 Å². The molecule has 126 valence electrons. The van der Waals surface area contributed by atoms with E-state index in [1.807, 2.05) is 44.7 Å². The number of amides is 1. The van der Waals surface area contributed by atoms with E-state index in [-0.39, 0.29) is 18.0 Å². The highest BCUT2D eigenvalue weighted by atomic mass is 32.1. The minimum atomic E-state index is 0.000842. The number of aromatic nitrogens is 1. The number of carbonyl (C=O) groups excluding carboxylic acids is 1. The Kier molecular flexibility index (Phi) is 5.30. The second kappa shape index (κ2) is 6.87. The number of carbonyl (C=O) groups is 1. The van der Waals surface area contributed by atoms with Crippen LogP contribution in [0.2, 0.25) is 0 Å². The zero-order valence-electron chi connectivity index (χ0n) is 14.9. The molecule has 0 atom stereocenters. The van der Waals surface area contributed by atoms with Gasteiger partial charge in [0.25, 0.3) is 5.91 Å². The van der Waals surface area contributed by atoms with Crippen molar-refractivity contribution in [3.8, 4) is 0 Å².